The van der Waals surface area contributed by atoms with Crippen molar-refractivity contribution in [2.45, 2.75) is 12.5 Å². The van der Waals surface area contributed by atoms with Crippen molar-refractivity contribution in [1.29, 1.82) is 0 Å². The number of rotatable bonds is 5. The number of aliphatic hydroxyl groups excluding tert-OH is 1. The van der Waals surface area contributed by atoms with Gasteiger partial charge in [0.15, 0.2) is 16.5 Å². The molecular formula is C9H10BrNO5. The summed E-state index contributed by atoms with van der Waals surface area (Å²) < 4.78 is 5.41. The van der Waals surface area contributed by atoms with Crippen molar-refractivity contribution in [1.82, 2.24) is 5.32 Å². The van der Waals surface area contributed by atoms with E-state index in [4.69, 9.17) is 14.6 Å². The number of amides is 1. The van der Waals surface area contributed by atoms with Crippen molar-refractivity contribution in [2.75, 3.05) is 6.54 Å². The highest BCUT2D eigenvalue weighted by molar-refractivity contribution is 9.10. The number of aliphatic hydroxyl groups is 1. The molecule has 0 aliphatic carbocycles. The Bertz CT molecular complexity index is 389. The maximum atomic E-state index is 11.4. The topological polar surface area (TPSA) is 99.8 Å². The van der Waals surface area contributed by atoms with Crippen LogP contribution in [0.2, 0.25) is 0 Å². The quantitative estimate of drug-likeness (QED) is 0.738. The smallest absolute Gasteiger partial charge is 0.332 e. The minimum Gasteiger partial charge on any atom is -0.479 e. The minimum atomic E-state index is -1.47. The maximum Gasteiger partial charge on any atom is 0.332 e. The van der Waals surface area contributed by atoms with Crippen molar-refractivity contribution in [3.05, 3.63) is 22.6 Å². The fourth-order valence-electron chi connectivity index (χ4n) is 0.969. The second-order valence-corrected chi connectivity index (χ2v) is 3.78. The lowest BCUT2D eigenvalue weighted by Crippen LogP contribution is -2.29. The second kappa shape index (κ2) is 5.66. The van der Waals surface area contributed by atoms with Gasteiger partial charge in [-0.05, 0) is 28.1 Å². The zero-order valence-electron chi connectivity index (χ0n) is 8.14. The van der Waals surface area contributed by atoms with Crippen LogP contribution in [0.5, 0.6) is 0 Å². The third-order valence-electron chi connectivity index (χ3n) is 1.79. The molecule has 0 radical (unpaired) electrons. The van der Waals surface area contributed by atoms with Gasteiger partial charge in [0.05, 0.1) is 0 Å². The number of nitrogens with one attached hydrogen (secondary N) is 1. The number of hydrogen-bond donors (Lipinski definition) is 3. The summed E-state index contributed by atoms with van der Waals surface area (Å²) in [5.74, 6) is -1.64. The van der Waals surface area contributed by atoms with Crippen molar-refractivity contribution in [2.24, 2.45) is 0 Å². The van der Waals surface area contributed by atoms with Crippen molar-refractivity contribution in [3.8, 4) is 0 Å². The Morgan fingerprint density at radius 1 is 1.50 bits per heavy atom. The molecule has 3 N–H and O–H groups in total. The third-order valence-corrected chi connectivity index (χ3v) is 2.21. The molecule has 1 aromatic heterocycles. The molecule has 0 saturated heterocycles. The largest absolute Gasteiger partial charge is 0.479 e. The molecule has 7 heteroatoms. The van der Waals surface area contributed by atoms with Crippen LogP contribution < -0.4 is 5.32 Å². The zero-order valence-corrected chi connectivity index (χ0v) is 9.73. The van der Waals surface area contributed by atoms with Gasteiger partial charge in [0, 0.05) is 13.0 Å². The van der Waals surface area contributed by atoms with Gasteiger partial charge in [-0.15, -0.1) is 0 Å². The van der Waals surface area contributed by atoms with Crippen LogP contribution in [0.25, 0.3) is 0 Å². The van der Waals surface area contributed by atoms with Crippen LogP contribution >= 0.6 is 15.9 Å². The molecule has 1 heterocycles. The first kappa shape index (κ1) is 12.7. The molecule has 0 saturated carbocycles. The molecule has 16 heavy (non-hydrogen) atoms. The normalized spacial score (nSPS) is 12.1. The number of carboxylic acid groups (broad SMARTS) is 1. The standard InChI is InChI=1S/C9H10BrNO5/c10-7-2-1-6(16-7)8(13)11-4-3-5(12)9(14)15/h1-2,5,12H,3-4H2,(H,11,13)(H,14,15)/t5-/m0/s1. The number of furan rings is 1. The summed E-state index contributed by atoms with van der Waals surface area (Å²) in [5, 5.41) is 19.7. The van der Waals surface area contributed by atoms with Crippen LogP contribution in [-0.2, 0) is 4.79 Å². The first-order chi connectivity index (χ1) is 7.50. The lowest BCUT2D eigenvalue weighted by molar-refractivity contribution is -0.146. The van der Waals surface area contributed by atoms with E-state index >= 15 is 0 Å². The first-order valence-electron chi connectivity index (χ1n) is 4.45. The Morgan fingerprint density at radius 2 is 2.19 bits per heavy atom. The Balaban J connectivity index is 2.34. The summed E-state index contributed by atoms with van der Waals surface area (Å²) in [6.07, 6.45) is -1.52. The van der Waals surface area contributed by atoms with Crippen molar-refractivity contribution < 1.29 is 24.2 Å². The number of carboxylic acids is 1. The Labute approximate surface area is 99.4 Å². The van der Waals surface area contributed by atoms with Crippen LogP contribution in [0.1, 0.15) is 17.0 Å². The highest BCUT2D eigenvalue weighted by Gasteiger charge is 2.14. The first-order valence-corrected chi connectivity index (χ1v) is 5.24. The van der Waals surface area contributed by atoms with E-state index in [0.717, 1.165) is 0 Å². The molecule has 0 bridgehead atoms. The van der Waals surface area contributed by atoms with Crippen molar-refractivity contribution in [3.63, 3.8) is 0 Å². The summed E-state index contributed by atoms with van der Waals surface area (Å²) in [6.45, 7) is 0.0601. The van der Waals surface area contributed by atoms with E-state index in [0.29, 0.717) is 4.67 Å². The van der Waals surface area contributed by atoms with E-state index in [1.165, 1.54) is 6.07 Å². The number of halogens is 1. The van der Waals surface area contributed by atoms with Gasteiger partial charge >= 0.3 is 5.97 Å². The van der Waals surface area contributed by atoms with Gasteiger partial charge in [0.25, 0.3) is 5.91 Å². The summed E-state index contributed by atoms with van der Waals surface area (Å²) >= 11 is 3.05. The number of carbonyl (C=O) groups excluding carboxylic acids is 1. The molecule has 1 amide bonds. The maximum absolute atomic E-state index is 11.4. The zero-order chi connectivity index (χ0) is 12.1. The molecule has 6 nitrogen and oxygen atoms in total. The van der Waals surface area contributed by atoms with E-state index in [9.17, 15) is 9.59 Å². The lowest BCUT2D eigenvalue weighted by atomic mass is 10.2. The fourth-order valence-corrected chi connectivity index (χ4v) is 1.28. The molecular weight excluding hydrogens is 282 g/mol. The summed E-state index contributed by atoms with van der Waals surface area (Å²) in [5.41, 5.74) is 0. The van der Waals surface area contributed by atoms with Crippen LogP contribution in [0.15, 0.2) is 21.2 Å². The summed E-state index contributed by atoms with van der Waals surface area (Å²) in [6, 6.07) is 3.05. The highest BCUT2D eigenvalue weighted by Crippen LogP contribution is 2.13. The Kier molecular flexibility index (Phi) is 4.51. The molecule has 1 atom stereocenters. The van der Waals surface area contributed by atoms with Gasteiger partial charge < -0.3 is 19.9 Å². The van der Waals surface area contributed by atoms with Crippen LogP contribution in [0.4, 0.5) is 0 Å². The number of aliphatic carboxylic acids is 1. The third kappa shape index (κ3) is 3.67. The molecule has 0 aliphatic rings. The van der Waals surface area contributed by atoms with Gasteiger partial charge in [0.2, 0.25) is 0 Å². The van der Waals surface area contributed by atoms with Gasteiger partial charge in [-0.2, -0.15) is 0 Å². The van der Waals surface area contributed by atoms with Gasteiger partial charge in [0.1, 0.15) is 0 Å². The lowest BCUT2D eigenvalue weighted by Gasteiger charge is -2.05. The average Bonchev–Trinajstić information content (AvgIpc) is 2.64. The van der Waals surface area contributed by atoms with Gasteiger partial charge in [-0.1, -0.05) is 0 Å². The van der Waals surface area contributed by atoms with Gasteiger partial charge in [-0.25, -0.2) is 4.79 Å². The molecule has 0 aromatic carbocycles. The molecule has 0 spiro atoms. The predicted molar refractivity (Wildman–Crippen MR) is 57.0 cm³/mol. The summed E-state index contributed by atoms with van der Waals surface area (Å²) in [7, 11) is 0. The van der Waals surface area contributed by atoms with Crippen LogP contribution in [0.3, 0.4) is 0 Å². The van der Waals surface area contributed by atoms with E-state index in [1.54, 1.807) is 6.07 Å². The number of carbonyl (C=O) groups is 2. The van der Waals surface area contributed by atoms with E-state index in [-0.39, 0.29) is 18.7 Å². The minimum absolute atomic E-state index is 0.0526. The van der Waals surface area contributed by atoms with E-state index in [2.05, 4.69) is 21.2 Å². The fraction of sp³-hybridized carbons (Fsp3) is 0.333. The molecule has 0 fully saturated rings. The van der Waals surface area contributed by atoms with Crippen molar-refractivity contribution >= 4 is 27.8 Å². The second-order valence-electron chi connectivity index (χ2n) is 3.00. The molecule has 0 aliphatic heterocycles. The average molecular weight is 292 g/mol. The monoisotopic (exact) mass is 291 g/mol. The molecule has 88 valence electrons. The van der Waals surface area contributed by atoms with E-state index < -0.39 is 18.0 Å². The molecule has 0 unspecified atom stereocenters. The molecule has 1 rings (SSSR count). The Hall–Kier alpha value is -1.34. The highest BCUT2D eigenvalue weighted by atomic mass is 79.9. The summed E-state index contributed by atoms with van der Waals surface area (Å²) in [4.78, 5) is 21.6. The van der Waals surface area contributed by atoms with Gasteiger partial charge in [-0.3, -0.25) is 4.79 Å². The van der Waals surface area contributed by atoms with E-state index in [1.807, 2.05) is 0 Å². The van der Waals surface area contributed by atoms with Crippen LogP contribution in [-0.4, -0.2) is 34.7 Å². The Morgan fingerprint density at radius 3 is 2.69 bits per heavy atom. The SMILES string of the molecule is O=C(NCC[C@H](O)C(=O)O)c1ccc(Br)o1. The number of hydrogen-bond acceptors (Lipinski definition) is 4. The molecule has 1 aromatic rings. The van der Waals surface area contributed by atoms with Crippen LogP contribution in [0, 0.1) is 0 Å². The predicted octanol–water partition coefficient (Wildman–Crippen LogP) is 0.607.